The number of aliphatic hydroxyl groups is 1. The van der Waals surface area contributed by atoms with Crippen molar-refractivity contribution in [1.29, 1.82) is 0 Å². The van der Waals surface area contributed by atoms with Crippen LogP contribution in [0.3, 0.4) is 0 Å². The molecule has 1 aliphatic rings. The number of rotatable bonds is 5. The van der Waals surface area contributed by atoms with E-state index < -0.39 is 12.1 Å². The molecule has 110 valence electrons. The lowest BCUT2D eigenvalue weighted by Gasteiger charge is -2.27. The standard InChI is InChI=1S/C14H19NO5/c1-19-12-3-2-10(13(16)14(17)18)8-11(12)9-15-4-6-20-7-5-15/h2-3,8,13,16H,4-7,9H2,1H3,(H,17,18). The molecule has 1 fully saturated rings. The number of nitrogens with zero attached hydrogens (tertiary/aromatic N) is 1. The molecule has 20 heavy (non-hydrogen) atoms. The van der Waals surface area contributed by atoms with Crippen LogP contribution in [0.5, 0.6) is 5.75 Å². The van der Waals surface area contributed by atoms with Crippen LogP contribution in [0.1, 0.15) is 17.2 Å². The third kappa shape index (κ3) is 3.47. The molecule has 1 unspecified atom stereocenters. The lowest BCUT2D eigenvalue weighted by atomic mass is 10.0. The number of carboxylic acids is 1. The number of ether oxygens (including phenoxy) is 2. The number of aliphatic hydroxyl groups excluding tert-OH is 1. The van der Waals surface area contributed by atoms with Crippen LogP contribution in [-0.2, 0) is 16.1 Å². The van der Waals surface area contributed by atoms with E-state index in [0.29, 0.717) is 31.1 Å². The van der Waals surface area contributed by atoms with E-state index in [1.54, 1.807) is 25.3 Å². The van der Waals surface area contributed by atoms with Gasteiger partial charge in [-0.3, -0.25) is 4.90 Å². The summed E-state index contributed by atoms with van der Waals surface area (Å²) in [5.41, 5.74) is 1.23. The second-order valence-corrected chi connectivity index (χ2v) is 4.70. The van der Waals surface area contributed by atoms with E-state index in [4.69, 9.17) is 14.6 Å². The van der Waals surface area contributed by atoms with E-state index in [1.165, 1.54) is 0 Å². The summed E-state index contributed by atoms with van der Waals surface area (Å²) in [5, 5.41) is 18.5. The van der Waals surface area contributed by atoms with Gasteiger partial charge in [-0.05, 0) is 17.7 Å². The lowest BCUT2D eigenvalue weighted by Crippen LogP contribution is -2.35. The summed E-state index contributed by atoms with van der Waals surface area (Å²) in [4.78, 5) is 13.1. The first-order valence-corrected chi connectivity index (χ1v) is 6.49. The van der Waals surface area contributed by atoms with Crippen LogP contribution < -0.4 is 4.74 Å². The first-order valence-electron chi connectivity index (χ1n) is 6.49. The van der Waals surface area contributed by atoms with E-state index >= 15 is 0 Å². The highest BCUT2D eigenvalue weighted by molar-refractivity contribution is 5.74. The number of carbonyl (C=O) groups is 1. The second kappa shape index (κ2) is 6.69. The zero-order valence-corrected chi connectivity index (χ0v) is 11.4. The number of aliphatic carboxylic acids is 1. The van der Waals surface area contributed by atoms with Gasteiger partial charge < -0.3 is 19.7 Å². The van der Waals surface area contributed by atoms with Crippen molar-refractivity contribution >= 4 is 5.97 Å². The molecular weight excluding hydrogens is 262 g/mol. The quantitative estimate of drug-likeness (QED) is 0.825. The van der Waals surface area contributed by atoms with Crippen molar-refractivity contribution in [2.24, 2.45) is 0 Å². The molecule has 2 N–H and O–H groups in total. The number of hydrogen-bond acceptors (Lipinski definition) is 5. The van der Waals surface area contributed by atoms with E-state index in [-0.39, 0.29) is 0 Å². The summed E-state index contributed by atoms with van der Waals surface area (Å²) >= 11 is 0. The maximum atomic E-state index is 10.8. The van der Waals surface area contributed by atoms with Gasteiger partial charge >= 0.3 is 5.97 Å². The van der Waals surface area contributed by atoms with Crippen LogP contribution in [0.25, 0.3) is 0 Å². The summed E-state index contributed by atoms with van der Waals surface area (Å²) in [5.74, 6) is -0.565. The average molecular weight is 281 g/mol. The summed E-state index contributed by atoms with van der Waals surface area (Å²) in [7, 11) is 1.57. The minimum atomic E-state index is -1.51. The lowest BCUT2D eigenvalue weighted by molar-refractivity contribution is -0.146. The SMILES string of the molecule is COc1ccc(C(O)C(=O)O)cc1CN1CCOCC1. The molecule has 0 spiro atoms. The normalized spacial score (nSPS) is 17.7. The zero-order valence-electron chi connectivity index (χ0n) is 11.4. The van der Waals surface area contributed by atoms with Crippen LogP contribution in [0.2, 0.25) is 0 Å². The number of hydrogen-bond donors (Lipinski definition) is 2. The minimum Gasteiger partial charge on any atom is -0.496 e. The molecule has 6 heteroatoms. The summed E-state index contributed by atoms with van der Waals surface area (Å²) in [6.07, 6.45) is -1.51. The Morgan fingerprint density at radius 3 is 2.75 bits per heavy atom. The smallest absolute Gasteiger partial charge is 0.337 e. The van der Waals surface area contributed by atoms with Gasteiger partial charge in [0, 0.05) is 25.2 Å². The van der Waals surface area contributed by atoms with Crippen LogP contribution in [0, 0.1) is 0 Å². The summed E-state index contributed by atoms with van der Waals surface area (Å²) in [6.45, 7) is 3.69. The van der Waals surface area contributed by atoms with Gasteiger partial charge in [-0.1, -0.05) is 6.07 Å². The van der Waals surface area contributed by atoms with Gasteiger partial charge in [0.2, 0.25) is 0 Å². The van der Waals surface area contributed by atoms with E-state index in [0.717, 1.165) is 18.7 Å². The van der Waals surface area contributed by atoms with Gasteiger partial charge in [0.15, 0.2) is 6.10 Å². The van der Waals surface area contributed by atoms with Crippen LogP contribution >= 0.6 is 0 Å². The molecule has 2 rings (SSSR count). The fraction of sp³-hybridized carbons (Fsp3) is 0.500. The van der Waals surface area contributed by atoms with Gasteiger partial charge in [0.25, 0.3) is 0 Å². The van der Waals surface area contributed by atoms with Crippen molar-refractivity contribution in [2.75, 3.05) is 33.4 Å². The molecular formula is C14H19NO5. The zero-order chi connectivity index (χ0) is 14.5. The first-order chi connectivity index (χ1) is 9.61. The van der Waals surface area contributed by atoms with Crippen LogP contribution in [0.4, 0.5) is 0 Å². The average Bonchev–Trinajstić information content (AvgIpc) is 2.47. The van der Waals surface area contributed by atoms with Crippen LogP contribution in [0.15, 0.2) is 18.2 Å². The Labute approximate surface area is 117 Å². The predicted octanol–water partition coefficient (Wildman–Crippen LogP) is 0.645. The molecule has 0 saturated carbocycles. The molecule has 1 aromatic rings. The van der Waals surface area contributed by atoms with Crippen molar-refractivity contribution in [1.82, 2.24) is 4.90 Å². The van der Waals surface area contributed by atoms with Crippen molar-refractivity contribution in [2.45, 2.75) is 12.6 Å². The van der Waals surface area contributed by atoms with Gasteiger partial charge in [-0.25, -0.2) is 4.79 Å². The first kappa shape index (κ1) is 14.8. The molecule has 6 nitrogen and oxygen atoms in total. The minimum absolute atomic E-state index is 0.363. The molecule has 0 radical (unpaired) electrons. The Balaban J connectivity index is 2.19. The maximum Gasteiger partial charge on any atom is 0.337 e. The van der Waals surface area contributed by atoms with E-state index in [2.05, 4.69) is 4.90 Å². The predicted molar refractivity (Wildman–Crippen MR) is 71.7 cm³/mol. The summed E-state index contributed by atoms with van der Waals surface area (Å²) in [6, 6.07) is 4.95. The van der Waals surface area contributed by atoms with E-state index in [1.807, 2.05) is 0 Å². The molecule has 1 aliphatic heterocycles. The third-order valence-corrected chi connectivity index (χ3v) is 3.35. The Morgan fingerprint density at radius 2 is 2.15 bits per heavy atom. The van der Waals surface area contributed by atoms with Crippen molar-refractivity contribution in [3.8, 4) is 5.75 Å². The van der Waals surface area contributed by atoms with Crippen molar-refractivity contribution in [3.05, 3.63) is 29.3 Å². The molecule has 0 bridgehead atoms. The maximum absolute atomic E-state index is 10.8. The van der Waals surface area contributed by atoms with E-state index in [9.17, 15) is 9.90 Å². The highest BCUT2D eigenvalue weighted by Gasteiger charge is 2.19. The molecule has 0 aromatic heterocycles. The van der Waals surface area contributed by atoms with Crippen molar-refractivity contribution < 1.29 is 24.5 Å². The number of benzene rings is 1. The van der Waals surface area contributed by atoms with Gasteiger partial charge in [-0.2, -0.15) is 0 Å². The highest BCUT2D eigenvalue weighted by Crippen LogP contribution is 2.25. The largest absolute Gasteiger partial charge is 0.496 e. The van der Waals surface area contributed by atoms with Gasteiger partial charge in [-0.15, -0.1) is 0 Å². The molecule has 0 aliphatic carbocycles. The Morgan fingerprint density at radius 1 is 1.45 bits per heavy atom. The fourth-order valence-corrected chi connectivity index (χ4v) is 2.23. The second-order valence-electron chi connectivity index (χ2n) is 4.70. The molecule has 1 atom stereocenters. The number of methoxy groups -OCH3 is 1. The number of carboxylic acid groups (broad SMARTS) is 1. The Bertz CT molecular complexity index is 471. The molecule has 1 saturated heterocycles. The molecule has 1 aromatic carbocycles. The van der Waals surface area contributed by atoms with Gasteiger partial charge in [0.05, 0.1) is 20.3 Å². The Kier molecular flexibility index (Phi) is 4.94. The number of morpholine rings is 1. The third-order valence-electron chi connectivity index (χ3n) is 3.35. The van der Waals surface area contributed by atoms with Gasteiger partial charge in [0.1, 0.15) is 5.75 Å². The molecule has 0 amide bonds. The molecule has 1 heterocycles. The summed E-state index contributed by atoms with van der Waals surface area (Å²) < 4.78 is 10.6. The highest BCUT2D eigenvalue weighted by atomic mass is 16.5. The topological polar surface area (TPSA) is 79.2 Å². The Hall–Kier alpha value is -1.63. The fourth-order valence-electron chi connectivity index (χ4n) is 2.23. The monoisotopic (exact) mass is 281 g/mol. The van der Waals surface area contributed by atoms with Crippen LogP contribution in [-0.4, -0.2) is 54.5 Å². The van der Waals surface area contributed by atoms with Crippen molar-refractivity contribution in [3.63, 3.8) is 0 Å².